The van der Waals surface area contributed by atoms with Crippen LogP contribution in [0.15, 0.2) is 41.3 Å². The van der Waals surface area contributed by atoms with Crippen LogP contribution in [0.2, 0.25) is 0 Å². The molecule has 2 aromatic rings. The minimum atomic E-state index is -3.72. The number of nitrogens with zero attached hydrogens (tertiary/aromatic N) is 2. The largest absolute Gasteiger partial charge is 0.341 e. The van der Waals surface area contributed by atoms with Gasteiger partial charge in [0.2, 0.25) is 10.0 Å². The van der Waals surface area contributed by atoms with E-state index in [2.05, 4.69) is 77.6 Å². The van der Waals surface area contributed by atoms with Crippen LogP contribution in [0.5, 0.6) is 0 Å². The third kappa shape index (κ3) is 6.56. The molecule has 0 unspecified atom stereocenters. The van der Waals surface area contributed by atoms with E-state index in [1.54, 1.807) is 12.1 Å². The van der Waals surface area contributed by atoms with E-state index >= 15 is 0 Å². The average molecular weight is 460 g/mol. The van der Waals surface area contributed by atoms with Gasteiger partial charge in [0.15, 0.2) is 0 Å². The van der Waals surface area contributed by atoms with E-state index in [9.17, 15) is 8.42 Å². The molecule has 0 aliphatic heterocycles. The molecule has 2 aromatic carbocycles. The molecule has 2 rings (SSSR count). The second kappa shape index (κ2) is 10.8. The topological polar surface area (TPSA) is 66.6 Å². The molecule has 0 heterocycles. The van der Waals surface area contributed by atoms with Crippen LogP contribution >= 0.6 is 0 Å². The lowest BCUT2D eigenvalue weighted by molar-refractivity contribution is 0.402. The number of rotatable bonds is 10. The van der Waals surface area contributed by atoms with E-state index in [-0.39, 0.29) is 4.90 Å². The fourth-order valence-electron chi connectivity index (χ4n) is 3.96. The molecule has 0 aliphatic rings. The summed E-state index contributed by atoms with van der Waals surface area (Å²) in [7, 11) is 0.449. The standard InChI is InChI=1S/C26H41N3O2S/c1-18(2)21-16-24(19(3)4)26(25(17-21)20(5)6)29(15-9-14-28(7)8)22-10-12-23(13-11-22)32(27,30)31/h10-13,16-20H,9,14-15H2,1-8H3,(H2,27,30,31). The van der Waals surface area contributed by atoms with Crippen molar-refractivity contribution in [2.24, 2.45) is 5.14 Å². The van der Waals surface area contributed by atoms with Crippen molar-refractivity contribution in [3.05, 3.63) is 53.1 Å². The lowest BCUT2D eigenvalue weighted by Crippen LogP contribution is -2.26. The molecule has 0 fully saturated rings. The number of hydrogen-bond donors (Lipinski definition) is 1. The second-order valence-corrected chi connectivity index (χ2v) is 11.4. The van der Waals surface area contributed by atoms with Gasteiger partial charge in [0.25, 0.3) is 0 Å². The van der Waals surface area contributed by atoms with Gasteiger partial charge >= 0.3 is 0 Å². The summed E-state index contributed by atoms with van der Waals surface area (Å²) < 4.78 is 23.6. The first-order chi connectivity index (χ1) is 14.8. The predicted molar refractivity (Wildman–Crippen MR) is 137 cm³/mol. The predicted octanol–water partition coefficient (Wildman–Crippen LogP) is 5.79. The Morgan fingerprint density at radius 1 is 0.812 bits per heavy atom. The Labute approximate surface area is 195 Å². The Hall–Kier alpha value is -1.89. The van der Waals surface area contributed by atoms with Crippen LogP contribution in [-0.2, 0) is 10.0 Å². The van der Waals surface area contributed by atoms with Crippen molar-refractivity contribution in [2.45, 2.75) is 70.6 Å². The van der Waals surface area contributed by atoms with E-state index in [4.69, 9.17) is 5.14 Å². The zero-order chi connectivity index (χ0) is 24.2. The minimum absolute atomic E-state index is 0.137. The highest BCUT2D eigenvalue weighted by Crippen LogP contribution is 2.41. The molecule has 0 spiro atoms. The van der Waals surface area contributed by atoms with Crippen molar-refractivity contribution in [1.82, 2.24) is 4.90 Å². The summed E-state index contributed by atoms with van der Waals surface area (Å²) in [4.78, 5) is 4.69. The van der Waals surface area contributed by atoms with Crippen LogP contribution in [0.1, 0.15) is 82.4 Å². The van der Waals surface area contributed by atoms with Gasteiger partial charge in [-0.1, -0.05) is 53.7 Å². The van der Waals surface area contributed by atoms with Gasteiger partial charge in [0.1, 0.15) is 0 Å². The monoisotopic (exact) mass is 459 g/mol. The number of nitrogens with two attached hydrogens (primary N) is 1. The van der Waals surface area contributed by atoms with Crippen LogP contribution in [-0.4, -0.2) is 40.5 Å². The SMILES string of the molecule is CC(C)c1cc(C(C)C)c(N(CCCN(C)C)c2ccc(S(N)(=O)=O)cc2)c(C(C)C)c1. The van der Waals surface area contributed by atoms with Crippen molar-refractivity contribution in [1.29, 1.82) is 0 Å². The van der Waals surface area contributed by atoms with E-state index in [1.807, 2.05) is 12.1 Å². The summed E-state index contributed by atoms with van der Waals surface area (Å²) in [5.74, 6) is 1.18. The first kappa shape index (κ1) is 26.4. The molecule has 0 amide bonds. The van der Waals surface area contributed by atoms with Gasteiger partial charge in [-0.2, -0.15) is 0 Å². The highest BCUT2D eigenvalue weighted by Gasteiger charge is 2.23. The molecule has 178 valence electrons. The fraction of sp³-hybridized carbons (Fsp3) is 0.538. The quantitative estimate of drug-likeness (QED) is 0.488. The summed E-state index contributed by atoms with van der Waals surface area (Å²) >= 11 is 0. The normalized spacial score (nSPS) is 12.4. The first-order valence-corrected chi connectivity index (χ1v) is 13.1. The maximum atomic E-state index is 11.8. The summed E-state index contributed by atoms with van der Waals surface area (Å²) in [5.41, 5.74) is 6.26. The molecule has 0 saturated heterocycles. The third-order valence-electron chi connectivity index (χ3n) is 5.84. The van der Waals surface area contributed by atoms with E-state index in [1.165, 1.54) is 22.4 Å². The Kier molecular flexibility index (Phi) is 8.91. The summed E-state index contributed by atoms with van der Waals surface area (Å²) in [6.07, 6.45) is 0.991. The Bertz CT molecular complexity index is 965. The summed E-state index contributed by atoms with van der Waals surface area (Å²) in [6.45, 7) is 15.3. The van der Waals surface area contributed by atoms with Crippen molar-refractivity contribution in [3.63, 3.8) is 0 Å². The average Bonchev–Trinajstić information content (AvgIpc) is 2.69. The Morgan fingerprint density at radius 2 is 1.31 bits per heavy atom. The van der Waals surface area contributed by atoms with Crippen LogP contribution in [0.3, 0.4) is 0 Å². The van der Waals surface area contributed by atoms with Gasteiger partial charge in [-0.3, -0.25) is 0 Å². The third-order valence-corrected chi connectivity index (χ3v) is 6.77. The van der Waals surface area contributed by atoms with Gasteiger partial charge in [0, 0.05) is 17.9 Å². The molecule has 6 heteroatoms. The summed E-state index contributed by atoms with van der Waals surface area (Å²) in [6, 6.07) is 11.7. The number of anilines is 2. The lowest BCUT2D eigenvalue weighted by atomic mass is 9.86. The highest BCUT2D eigenvalue weighted by molar-refractivity contribution is 7.89. The van der Waals surface area contributed by atoms with Gasteiger partial charge in [-0.25, -0.2) is 13.6 Å². The van der Waals surface area contributed by atoms with Crippen molar-refractivity contribution < 1.29 is 8.42 Å². The van der Waals surface area contributed by atoms with Crippen molar-refractivity contribution >= 4 is 21.4 Å². The zero-order valence-corrected chi connectivity index (χ0v) is 21.8. The molecule has 5 nitrogen and oxygen atoms in total. The van der Waals surface area contributed by atoms with Gasteiger partial charge < -0.3 is 9.80 Å². The van der Waals surface area contributed by atoms with E-state index < -0.39 is 10.0 Å². The molecular weight excluding hydrogens is 418 g/mol. The van der Waals surface area contributed by atoms with E-state index in [0.717, 1.165) is 25.2 Å². The molecule has 0 saturated carbocycles. The first-order valence-electron chi connectivity index (χ1n) is 11.6. The molecule has 2 N–H and O–H groups in total. The zero-order valence-electron chi connectivity index (χ0n) is 21.0. The second-order valence-electron chi connectivity index (χ2n) is 9.86. The van der Waals surface area contributed by atoms with Crippen molar-refractivity contribution in [2.75, 3.05) is 32.1 Å². The lowest BCUT2D eigenvalue weighted by Gasteiger charge is -2.33. The molecule has 0 atom stereocenters. The number of hydrogen-bond acceptors (Lipinski definition) is 4. The highest BCUT2D eigenvalue weighted by atomic mass is 32.2. The molecule has 32 heavy (non-hydrogen) atoms. The summed E-state index contributed by atoms with van der Waals surface area (Å²) in [5, 5.41) is 5.33. The van der Waals surface area contributed by atoms with Crippen LogP contribution in [0, 0.1) is 0 Å². The van der Waals surface area contributed by atoms with Gasteiger partial charge in [-0.15, -0.1) is 0 Å². The number of benzene rings is 2. The number of primary sulfonamides is 1. The van der Waals surface area contributed by atoms with E-state index in [0.29, 0.717) is 17.8 Å². The van der Waals surface area contributed by atoms with Gasteiger partial charge in [-0.05, 0) is 85.8 Å². The molecule has 0 bridgehead atoms. The molecule has 0 aromatic heterocycles. The van der Waals surface area contributed by atoms with Gasteiger partial charge in [0.05, 0.1) is 4.90 Å². The van der Waals surface area contributed by atoms with Crippen LogP contribution in [0.4, 0.5) is 11.4 Å². The minimum Gasteiger partial charge on any atom is -0.341 e. The Morgan fingerprint density at radius 3 is 1.69 bits per heavy atom. The maximum absolute atomic E-state index is 11.8. The number of sulfonamides is 1. The van der Waals surface area contributed by atoms with Crippen LogP contribution in [0.25, 0.3) is 0 Å². The molecule has 0 aliphatic carbocycles. The fourth-order valence-corrected chi connectivity index (χ4v) is 4.48. The molecule has 0 radical (unpaired) electrons. The maximum Gasteiger partial charge on any atom is 0.238 e. The Balaban J connectivity index is 2.71. The molecular formula is C26H41N3O2S. The smallest absolute Gasteiger partial charge is 0.238 e. The van der Waals surface area contributed by atoms with Crippen LogP contribution < -0.4 is 10.0 Å². The van der Waals surface area contributed by atoms with Crippen molar-refractivity contribution in [3.8, 4) is 0 Å².